The van der Waals surface area contributed by atoms with Crippen LogP contribution in [0.4, 0.5) is 5.69 Å². The largest absolute Gasteiger partial charge is 0.462 e. The molecule has 2 aliphatic heterocycles. The standard InChI is InChI=1S/C20H29NO11/c1-8(24)21-9-2-4-10(5-3-9)30-20-18(29)15(26)13(11(6-22)32-20)19-17(28)16(27)14(25)12(7-23)31-19/h2-5,11-20,22-23,25-29H,6-7H2,1H3,(H,21,24)/t11?,12?,13?,14-,15+,16+,17-,18+,19-,20+/m1/s1. The fourth-order valence-electron chi connectivity index (χ4n) is 4.02. The minimum Gasteiger partial charge on any atom is -0.462 e. The predicted molar refractivity (Wildman–Crippen MR) is 106 cm³/mol. The quantitative estimate of drug-likeness (QED) is 0.215. The van der Waals surface area contributed by atoms with Crippen molar-refractivity contribution in [1.29, 1.82) is 0 Å². The summed E-state index contributed by atoms with van der Waals surface area (Å²) in [6.07, 6.45) is -13.4. The molecule has 2 heterocycles. The highest BCUT2D eigenvalue weighted by Crippen LogP contribution is 2.36. The van der Waals surface area contributed by atoms with E-state index in [0.29, 0.717) is 5.69 Å². The zero-order valence-electron chi connectivity index (χ0n) is 17.3. The molecule has 1 amide bonds. The Kier molecular flexibility index (Phi) is 8.03. The highest BCUT2D eigenvalue weighted by molar-refractivity contribution is 5.88. The minimum absolute atomic E-state index is 0.248. The molecule has 1 aromatic rings. The average molecular weight is 459 g/mol. The number of aliphatic hydroxyl groups excluding tert-OH is 7. The van der Waals surface area contributed by atoms with E-state index < -0.39 is 74.3 Å². The van der Waals surface area contributed by atoms with Gasteiger partial charge in [0.15, 0.2) is 0 Å². The molecule has 2 aliphatic rings. The lowest BCUT2D eigenvalue weighted by atomic mass is 9.79. The van der Waals surface area contributed by atoms with Crippen molar-refractivity contribution in [3.8, 4) is 5.75 Å². The first-order valence-corrected chi connectivity index (χ1v) is 10.1. The topological polar surface area (TPSA) is 198 Å². The summed E-state index contributed by atoms with van der Waals surface area (Å²) in [6, 6.07) is 6.13. The summed E-state index contributed by atoms with van der Waals surface area (Å²) in [5.74, 6) is -1.22. The van der Waals surface area contributed by atoms with Gasteiger partial charge in [0, 0.05) is 18.5 Å². The molecule has 0 spiro atoms. The molecule has 10 atom stereocenters. The van der Waals surface area contributed by atoms with E-state index in [1.165, 1.54) is 19.1 Å². The van der Waals surface area contributed by atoms with Crippen LogP contribution >= 0.6 is 0 Å². The zero-order chi connectivity index (χ0) is 23.6. The maximum atomic E-state index is 11.1. The van der Waals surface area contributed by atoms with E-state index in [9.17, 15) is 40.5 Å². The molecular formula is C20H29NO11. The maximum Gasteiger partial charge on any atom is 0.229 e. The molecule has 3 rings (SSSR count). The molecule has 0 radical (unpaired) electrons. The molecule has 32 heavy (non-hydrogen) atoms. The van der Waals surface area contributed by atoms with E-state index in [1.54, 1.807) is 12.1 Å². The van der Waals surface area contributed by atoms with Crippen LogP contribution in [0.3, 0.4) is 0 Å². The number of benzene rings is 1. The van der Waals surface area contributed by atoms with E-state index >= 15 is 0 Å². The smallest absolute Gasteiger partial charge is 0.229 e. The van der Waals surface area contributed by atoms with Gasteiger partial charge in [-0.1, -0.05) is 0 Å². The monoisotopic (exact) mass is 459 g/mol. The van der Waals surface area contributed by atoms with Gasteiger partial charge in [0.1, 0.15) is 36.3 Å². The number of hydrogen-bond acceptors (Lipinski definition) is 11. The fraction of sp³-hybridized carbons (Fsp3) is 0.650. The Labute approximate surface area is 183 Å². The number of amides is 1. The number of carbonyl (C=O) groups is 1. The Morgan fingerprint density at radius 3 is 2.06 bits per heavy atom. The second kappa shape index (κ2) is 10.4. The summed E-state index contributed by atoms with van der Waals surface area (Å²) >= 11 is 0. The van der Waals surface area contributed by atoms with Crippen LogP contribution in [0.5, 0.6) is 5.75 Å². The van der Waals surface area contributed by atoms with Crippen molar-refractivity contribution >= 4 is 11.6 Å². The summed E-state index contributed by atoms with van der Waals surface area (Å²) in [7, 11) is 0. The van der Waals surface area contributed by atoms with Gasteiger partial charge in [-0.3, -0.25) is 4.79 Å². The second-order valence-electron chi connectivity index (χ2n) is 7.90. The molecule has 180 valence electrons. The van der Waals surface area contributed by atoms with E-state index in [0.717, 1.165) is 0 Å². The van der Waals surface area contributed by atoms with E-state index in [2.05, 4.69) is 5.32 Å². The first kappa shape index (κ1) is 24.8. The number of carbonyl (C=O) groups excluding carboxylic acids is 1. The third-order valence-electron chi connectivity index (χ3n) is 5.68. The Hall–Kier alpha value is -1.87. The van der Waals surface area contributed by atoms with Crippen LogP contribution in [0.25, 0.3) is 0 Å². The van der Waals surface area contributed by atoms with E-state index in [4.69, 9.17) is 14.2 Å². The summed E-state index contributed by atoms with van der Waals surface area (Å²) < 4.78 is 16.7. The molecule has 0 saturated carbocycles. The van der Waals surface area contributed by atoms with Crippen molar-refractivity contribution in [2.45, 2.75) is 62.0 Å². The first-order valence-electron chi connectivity index (χ1n) is 10.1. The van der Waals surface area contributed by atoms with Gasteiger partial charge in [-0.15, -0.1) is 0 Å². The molecule has 12 nitrogen and oxygen atoms in total. The van der Waals surface area contributed by atoms with Crippen LogP contribution in [0.2, 0.25) is 0 Å². The van der Waals surface area contributed by atoms with Crippen LogP contribution in [-0.2, 0) is 14.3 Å². The number of nitrogens with one attached hydrogen (secondary N) is 1. The Balaban J connectivity index is 1.75. The molecule has 2 saturated heterocycles. The molecule has 0 aliphatic carbocycles. The van der Waals surface area contributed by atoms with Crippen LogP contribution in [0, 0.1) is 5.92 Å². The van der Waals surface area contributed by atoms with Gasteiger partial charge in [-0.25, -0.2) is 0 Å². The number of ether oxygens (including phenoxy) is 3. The van der Waals surface area contributed by atoms with E-state index in [1.807, 2.05) is 0 Å². The van der Waals surface area contributed by atoms with Crippen molar-refractivity contribution in [3.63, 3.8) is 0 Å². The zero-order valence-corrected chi connectivity index (χ0v) is 17.3. The lowest BCUT2D eigenvalue weighted by molar-refractivity contribution is -0.310. The summed E-state index contributed by atoms with van der Waals surface area (Å²) in [4.78, 5) is 11.1. The molecule has 1 aromatic carbocycles. The number of anilines is 1. The van der Waals surface area contributed by atoms with Crippen molar-refractivity contribution in [2.75, 3.05) is 18.5 Å². The van der Waals surface area contributed by atoms with Crippen molar-refractivity contribution in [2.24, 2.45) is 5.92 Å². The van der Waals surface area contributed by atoms with Crippen molar-refractivity contribution in [1.82, 2.24) is 0 Å². The molecule has 2 fully saturated rings. The Morgan fingerprint density at radius 2 is 1.50 bits per heavy atom. The normalized spacial score (nSPS) is 40.0. The van der Waals surface area contributed by atoms with Gasteiger partial charge in [-0.05, 0) is 24.3 Å². The molecule has 0 bridgehead atoms. The number of aliphatic hydroxyl groups is 7. The Morgan fingerprint density at radius 1 is 0.875 bits per heavy atom. The average Bonchev–Trinajstić information content (AvgIpc) is 2.77. The Bertz CT molecular complexity index is 758. The molecule has 8 N–H and O–H groups in total. The van der Waals surface area contributed by atoms with Gasteiger partial charge >= 0.3 is 0 Å². The molecule has 12 heteroatoms. The summed E-state index contributed by atoms with van der Waals surface area (Å²) in [6.45, 7) is 0.0430. The third-order valence-corrected chi connectivity index (χ3v) is 5.68. The molecular weight excluding hydrogens is 430 g/mol. The fourth-order valence-corrected chi connectivity index (χ4v) is 4.02. The highest BCUT2D eigenvalue weighted by Gasteiger charge is 2.55. The molecule has 0 aromatic heterocycles. The van der Waals surface area contributed by atoms with Crippen molar-refractivity contribution < 1.29 is 54.8 Å². The van der Waals surface area contributed by atoms with Crippen LogP contribution < -0.4 is 10.1 Å². The number of hydrogen-bond donors (Lipinski definition) is 8. The van der Waals surface area contributed by atoms with E-state index in [-0.39, 0.29) is 11.7 Å². The first-order chi connectivity index (χ1) is 15.2. The number of rotatable bonds is 6. The lowest BCUT2D eigenvalue weighted by Gasteiger charge is -2.49. The van der Waals surface area contributed by atoms with Crippen LogP contribution in [0.1, 0.15) is 6.92 Å². The van der Waals surface area contributed by atoms with Gasteiger partial charge in [0.2, 0.25) is 12.2 Å². The molecule has 3 unspecified atom stereocenters. The highest BCUT2D eigenvalue weighted by atomic mass is 16.7. The summed E-state index contributed by atoms with van der Waals surface area (Å²) in [5, 5.41) is 73.5. The second-order valence-corrected chi connectivity index (χ2v) is 7.90. The SMILES string of the molecule is CC(=O)Nc1ccc(O[C@H]2OC(CO)C([C@H]3OC(CO)[C@@H](O)[C@H](O)[C@H]3O)[C@H](O)[C@@H]2O)cc1. The summed E-state index contributed by atoms with van der Waals surface area (Å²) in [5.41, 5.74) is 0.519. The van der Waals surface area contributed by atoms with Crippen LogP contribution in [-0.4, -0.2) is 110 Å². The van der Waals surface area contributed by atoms with Crippen molar-refractivity contribution in [3.05, 3.63) is 24.3 Å². The van der Waals surface area contributed by atoms with Crippen LogP contribution in [0.15, 0.2) is 24.3 Å². The van der Waals surface area contributed by atoms with Gasteiger partial charge < -0.3 is 55.3 Å². The minimum atomic E-state index is -1.69. The van der Waals surface area contributed by atoms with Gasteiger partial charge in [0.05, 0.1) is 31.5 Å². The lowest BCUT2D eigenvalue weighted by Crippen LogP contribution is -2.67. The predicted octanol–water partition coefficient (Wildman–Crippen LogP) is -3.08. The van der Waals surface area contributed by atoms with Gasteiger partial charge in [0.25, 0.3) is 0 Å². The third kappa shape index (κ3) is 5.03. The van der Waals surface area contributed by atoms with Gasteiger partial charge in [-0.2, -0.15) is 0 Å². The maximum absolute atomic E-state index is 11.1.